The second kappa shape index (κ2) is 8.16. The predicted octanol–water partition coefficient (Wildman–Crippen LogP) is 0.656. The Labute approximate surface area is 162 Å². The molecule has 1 aromatic rings. The zero-order valence-corrected chi connectivity index (χ0v) is 17.2. The molecule has 0 bridgehead atoms. The second-order valence-electron chi connectivity index (χ2n) is 7.75. The number of carbonyl (C=O) groups excluding carboxylic acids is 1. The fourth-order valence-electron chi connectivity index (χ4n) is 3.92. The van der Waals surface area contributed by atoms with E-state index in [2.05, 4.69) is 16.3 Å². The van der Waals surface area contributed by atoms with Gasteiger partial charge in [-0.15, -0.1) is 0 Å². The number of hydrogen-bond donors (Lipinski definition) is 1. The summed E-state index contributed by atoms with van der Waals surface area (Å²) in [7, 11) is -3.59. The molecule has 2 fully saturated rings. The van der Waals surface area contributed by atoms with Crippen molar-refractivity contribution in [3.8, 4) is 0 Å². The molecule has 2 heterocycles. The Morgan fingerprint density at radius 3 is 2.33 bits per heavy atom. The lowest BCUT2D eigenvalue weighted by Crippen LogP contribution is -2.57. The molecule has 0 aromatic heterocycles. The molecule has 7 nitrogen and oxygen atoms in total. The van der Waals surface area contributed by atoms with Gasteiger partial charge < -0.3 is 15.1 Å². The third-order valence-electron chi connectivity index (χ3n) is 5.21. The maximum Gasteiger partial charge on any atom is 0.239 e. The van der Waals surface area contributed by atoms with Crippen molar-refractivity contribution in [3.05, 3.63) is 29.8 Å². The maximum absolute atomic E-state index is 12.7. The van der Waals surface area contributed by atoms with Gasteiger partial charge in [0.05, 0.1) is 0 Å². The highest BCUT2D eigenvalue weighted by atomic mass is 32.2. The Morgan fingerprint density at radius 2 is 1.74 bits per heavy atom. The first kappa shape index (κ1) is 20.1. The van der Waals surface area contributed by atoms with Crippen LogP contribution in [0.25, 0.3) is 0 Å². The molecule has 0 radical (unpaired) electrons. The fourth-order valence-corrected chi connectivity index (χ4v) is 5.32. The smallest absolute Gasteiger partial charge is 0.239 e. The van der Waals surface area contributed by atoms with Crippen molar-refractivity contribution < 1.29 is 13.2 Å². The summed E-state index contributed by atoms with van der Waals surface area (Å²) in [6, 6.07) is 8.58. The van der Waals surface area contributed by atoms with Crippen molar-refractivity contribution in [3.63, 3.8) is 0 Å². The summed E-state index contributed by atoms with van der Waals surface area (Å²) in [6.07, 6.45) is 0. The van der Waals surface area contributed by atoms with E-state index in [1.54, 1.807) is 4.90 Å². The number of rotatable bonds is 4. The van der Waals surface area contributed by atoms with E-state index in [-0.39, 0.29) is 18.0 Å². The van der Waals surface area contributed by atoms with Crippen LogP contribution in [-0.2, 0) is 14.8 Å². The van der Waals surface area contributed by atoms with Gasteiger partial charge in [-0.1, -0.05) is 12.1 Å². The zero-order valence-electron chi connectivity index (χ0n) is 16.4. The van der Waals surface area contributed by atoms with Gasteiger partial charge in [-0.3, -0.25) is 4.79 Å². The first-order chi connectivity index (χ1) is 12.7. The molecule has 2 aliphatic heterocycles. The highest BCUT2D eigenvalue weighted by Gasteiger charge is 2.32. The molecule has 27 heavy (non-hydrogen) atoms. The normalized spacial score (nSPS) is 24.9. The average molecular weight is 395 g/mol. The molecule has 1 N–H and O–H groups in total. The van der Waals surface area contributed by atoms with E-state index in [0.717, 1.165) is 5.69 Å². The highest BCUT2D eigenvalue weighted by Crippen LogP contribution is 2.19. The van der Waals surface area contributed by atoms with Crippen LogP contribution >= 0.6 is 0 Å². The van der Waals surface area contributed by atoms with E-state index in [0.29, 0.717) is 39.3 Å². The Balaban J connectivity index is 1.57. The van der Waals surface area contributed by atoms with Crippen LogP contribution in [0.3, 0.4) is 0 Å². The fraction of sp³-hybridized carbons (Fsp3) is 0.632. The molecule has 0 aliphatic carbocycles. The summed E-state index contributed by atoms with van der Waals surface area (Å²) in [5, 5.41) is 3.36. The van der Waals surface area contributed by atoms with Crippen LogP contribution in [-0.4, -0.2) is 80.6 Å². The van der Waals surface area contributed by atoms with Crippen LogP contribution in [0.4, 0.5) is 5.69 Å². The second-order valence-corrected chi connectivity index (χ2v) is 9.72. The molecule has 8 heteroatoms. The van der Waals surface area contributed by atoms with Crippen LogP contribution in [0, 0.1) is 6.92 Å². The lowest BCUT2D eigenvalue weighted by molar-refractivity contribution is -0.130. The molecule has 0 saturated carbocycles. The summed E-state index contributed by atoms with van der Waals surface area (Å²) in [5.74, 6) is -0.729. The monoisotopic (exact) mass is 394 g/mol. The largest absolute Gasteiger partial charge is 0.369 e. The Bertz CT molecular complexity index is 765. The van der Waals surface area contributed by atoms with Crippen LogP contribution in [0.5, 0.6) is 0 Å². The van der Waals surface area contributed by atoms with Crippen molar-refractivity contribution >= 4 is 21.6 Å². The lowest BCUT2D eigenvalue weighted by Gasteiger charge is -2.37. The summed E-state index contributed by atoms with van der Waals surface area (Å²) < 4.78 is 27.0. The molecular formula is C19H30N4O3S. The van der Waals surface area contributed by atoms with Crippen molar-refractivity contribution in [2.45, 2.75) is 32.9 Å². The van der Waals surface area contributed by atoms with Gasteiger partial charge >= 0.3 is 0 Å². The Morgan fingerprint density at radius 1 is 1.11 bits per heavy atom. The molecule has 2 saturated heterocycles. The maximum atomic E-state index is 12.7. The van der Waals surface area contributed by atoms with Crippen molar-refractivity contribution in [2.24, 2.45) is 0 Å². The highest BCUT2D eigenvalue weighted by molar-refractivity contribution is 7.89. The zero-order chi connectivity index (χ0) is 19.6. The van der Waals surface area contributed by atoms with E-state index in [1.807, 2.05) is 39.0 Å². The van der Waals surface area contributed by atoms with Gasteiger partial charge in [0.2, 0.25) is 15.9 Å². The van der Waals surface area contributed by atoms with E-state index >= 15 is 0 Å². The van der Waals surface area contributed by atoms with Crippen molar-refractivity contribution in [1.29, 1.82) is 0 Å². The topological polar surface area (TPSA) is 73.0 Å². The number of aryl methyl sites for hydroxylation is 1. The van der Waals surface area contributed by atoms with Gasteiger partial charge in [0.15, 0.2) is 0 Å². The van der Waals surface area contributed by atoms with Gasteiger partial charge in [0.25, 0.3) is 0 Å². The van der Waals surface area contributed by atoms with E-state index in [4.69, 9.17) is 0 Å². The number of amides is 1. The quantitative estimate of drug-likeness (QED) is 0.812. The summed E-state index contributed by atoms with van der Waals surface area (Å²) in [5.41, 5.74) is 2.31. The minimum Gasteiger partial charge on any atom is -0.369 e. The molecule has 1 aromatic carbocycles. The van der Waals surface area contributed by atoms with Crippen molar-refractivity contribution in [1.82, 2.24) is 14.5 Å². The Hall–Kier alpha value is -1.64. The number of hydrogen-bond acceptors (Lipinski definition) is 5. The number of carbonyl (C=O) groups is 1. The first-order valence-corrected chi connectivity index (χ1v) is 11.2. The average Bonchev–Trinajstić information content (AvgIpc) is 2.60. The van der Waals surface area contributed by atoms with Crippen molar-refractivity contribution in [2.75, 3.05) is 49.9 Å². The molecule has 150 valence electrons. The van der Waals surface area contributed by atoms with Gasteiger partial charge in [-0.2, -0.15) is 4.31 Å². The molecule has 0 unspecified atom stereocenters. The minimum absolute atomic E-state index is 0.179. The standard InChI is InChI=1S/C19H30N4O3S/c1-15-5-4-6-18(11-15)21-7-9-23(10-8-21)27(25,26)14-19(24)22-12-16(2)20-17(3)13-22/h4-6,11,16-17,20H,7-10,12-14H2,1-3H3/t16-,17-/m1/s1. The number of sulfonamides is 1. The van der Waals surface area contributed by atoms with Gasteiger partial charge in [0.1, 0.15) is 5.75 Å². The number of piperazine rings is 2. The van der Waals surface area contributed by atoms with Gasteiger partial charge in [-0.25, -0.2) is 8.42 Å². The number of nitrogens with zero attached hydrogens (tertiary/aromatic N) is 3. The molecule has 0 spiro atoms. The predicted molar refractivity (Wildman–Crippen MR) is 107 cm³/mol. The van der Waals surface area contributed by atoms with Gasteiger partial charge in [0, 0.05) is 57.0 Å². The van der Waals surface area contributed by atoms with E-state index in [1.165, 1.54) is 9.87 Å². The number of anilines is 1. The summed E-state index contributed by atoms with van der Waals surface area (Å²) in [6.45, 7) is 9.28. The molecule has 2 atom stereocenters. The minimum atomic E-state index is -3.59. The SMILES string of the molecule is Cc1cccc(N2CCN(S(=O)(=O)CC(=O)N3C[C@@H](C)N[C@H](C)C3)CC2)c1. The molecular weight excluding hydrogens is 364 g/mol. The first-order valence-electron chi connectivity index (χ1n) is 9.58. The molecule has 2 aliphatic rings. The summed E-state index contributed by atoms with van der Waals surface area (Å²) >= 11 is 0. The third-order valence-corrected chi connectivity index (χ3v) is 6.98. The van der Waals surface area contributed by atoms with E-state index < -0.39 is 15.8 Å². The van der Waals surface area contributed by atoms with Gasteiger partial charge in [-0.05, 0) is 38.5 Å². The molecule has 3 rings (SSSR count). The van der Waals surface area contributed by atoms with Crippen LogP contribution in [0.1, 0.15) is 19.4 Å². The number of benzene rings is 1. The lowest BCUT2D eigenvalue weighted by atomic mass is 10.1. The number of nitrogens with one attached hydrogen (secondary N) is 1. The van der Waals surface area contributed by atoms with E-state index in [9.17, 15) is 13.2 Å². The third kappa shape index (κ3) is 5.00. The van der Waals surface area contributed by atoms with Crippen LogP contribution < -0.4 is 10.2 Å². The molecule has 1 amide bonds. The van der Waals surface area contributed by atoms with Crippen LogP contribution in [0.15, 0.2) is 24.3 Å². The Kier molecular flexibility index (Phi) is 6.08. The van der Waals surface area contributed by atoms with Crippen LogP contribution in [0.2, 0.25) is 0 Å². The summed E-state index contributed by atoms with van der Waals surface area (Å²) in [4.78, 5) is 16.4.